The number of nitrogens with zero attached hydrogens (tertiary/aromatic N) is 1. The van der Waals surface area contributed by atoms with Crippen molar-refractivity contribution in [1.82, 2.24) is 5.32 Å². The number of fused-ring (bicyclic) bond motifs is 1. The standard InChI is InChI=1S/C22H28N2O2S/c1-26-20-11-9-18(10-12-20)16-27-17-22(25)23-13-5-15-24-14-4-7-19-6-2-3-8-21(19)24/h2-3,6,8-12H,4-5,7,13-17H2,1H3,(H,23,25). The molecule has 2 aromatic rings. The molecule has 1 amide bonds. The molecular formula is C22H28N2O2S. The molecule has 1 heterocycles. The van der Waals surface area contributed by atoms with Crippen molar-refractivity contribution in [2.24, 2.45) is 0 Å². The van der Waals surface area contributed by atoms with Gasteiger partial charge in [-0.2, -0.15) is 0 Å². The Hall–Kier alpha value is -2.14. The van der Waals surface area contributed by atoms with Gasteiger partial charge in [-0.1, -0.05) is 30.3 Å². The van der Waals surface area contributed by atoms with E-state index in [-0.39, 0.29) is 5.91 Å². The van der Waals surface area contributed by atoms with Gasteiger partial charge in [-0.3, -0.25) is 4.79 Å². The van der Waals surface area contributed by atoms with Gasteiger partial charge in [0.2, 0.25) is 5.91 Å². The van der Waals surface area contributed by atoms with Gasteiger partial charge in [-0.25, -0.2) is 0 Å². The third-order valence-corrected chi connectivity index (χ3v) is 5.80. The van der Waals surface area contributed by atoms with Crippen molar-refractivity contribution in [3.8, 4) is 5.75 Å². The molecule has 4 nitrogen and oxygen atoms in total. The van der Waals surface area contributed by atoms with Crippen LogP contribution in [0.2, 0.25) is 0 Å². The largest absolute Gasteiger partial charge is 0.497 e. The second-order valence-electron chi connectivity index (χ2n) is 6.76. The van der Waals surface area contributed by atoms with E-state index in [1.807, 2.05) is 24.3 Å². The molecule has 0 spiro atoms. The number of rotatable bonds is 9. The Morgan fingerprint density at radius 1 is 1.19 bits per heavy atom. The monoisotopic (exact) mass is 384 g/mol. The SMILES string of the molecule is COc1ccc(CSCC(=O)NCCCN2CCCc3ccccc32)cc1. The molecule has 27 heavy (non-hydrogen) atoms. The molecule has 0 aliphatic carbocycles. The lowest BCUT2D eigenvalue weighted by Gasteiger charge is -2.31. The van der Waals surface area contributed by atoms with Crippen molar-refractivity contribution in [2.75, 3.05) is 37.4 Å². The maximum atomic E-state index is 12.0. The van der Waals surface area contributed by atoms with Gasteiger partial charge in [-0.15, -0.1) is 11.8 Å². The normalized spacial score (nSPS) is 13.1. The van der Waals surface area contributed by atoms with Gasteiger partial charge in [0.05, 0.1) is 12.9 Å². The smallest absolute Gasteiger partial charge is 0.230 e. The zero-order chi connectivity index (χ0) is 18.9. The topological polar surface area (TPSA) is 41.6 Å². The lowest BCUT2D eigenvalue weighted by molar-refractivity contribution is -0.118. The lowest BCUT2D eigenvalue weighted by atomic mass is 10.0. The number of thioether (sulfide) groups is 1. The summed E-state index contributed by atoms with van der Waals surface area (Å²) in [5.41, 5.74) is 4.02. The zero-order valence-electron chi connectivity index (χ0n) is 15.9. The van der Waals surface area contributed by atoms with Crippen LogP contribution in [-0.2, 0) is 17.0 Å². The second-order valence-corrected chi connectivity index (χ2v) is 7.75. The van der Waals surface area contributed by atoms with Crippen molar-refractivity contribution in [3.05, 3.63) is 59.7 Å². The molecular weight excluding hydrogens is 356 g/mol. The van der Waals surface area contributed by atoms with E-state index in [1.165, 1.54) is 29.7 Å². The molecule has 0 saturated carbocycles. The summed E-state index contributed by atoms with van der Waals surface area (Å²) in [6, 6.07) is 16.7. The molecule has 0 radical (unpaired) electrons. The molecule has 2 aromatic carbocycles. The summed E-state index contributed by atoms with van der Waals surface area (Å²) in [4.78, 5) is 14.5. The first-order chi connectivity index (χ1) is 13.3. The number of carbonyl (C=O) groups is 1. The average molecular weight is 385 g/mol. The Labute approximate surface area is 166 Å². The van der Waals surface area contributed by atoms with Crippen LogP contribution in [0.3, 0.4) is 0 Å². The molecule has 0 aromatic heterocycles. The van der Waals surface area contributed by atoms with Crippen molar-refractivity contribution in [3.63, 3.8) is 0 Å². The van der Waals surface area contributed by atoms with E-state index < -0.39 is 0 Å². The van der Waals surface area contributed by atoms with Gasteiger partial charge in [0.25, 0.3) is 0 Å². The van der Waals surface area contributed by atoms with Gasteiger partial charge in [0, 0.05) is 31.1 Å². The molecule has 0 bridgehead atoms. The van der Waals surface area contributed by atoms with Gasteiger partial charge in [0.1, 0.15) is 5.75 Å². The molecule has 0 saturated heterocycles. The minimum atomic E-state index is 0.118. The van der Waals surface area contributed by atoms with Gasteiger partial charge < -0.3 is 15.0 Å². The summed E-state index contributed by atoms with van der Waals surface area (Å²) in [7, 11) is 1.66. The Morgan fingerprint density at radius 2 is 2.00 bits per heavy atom. The number of benzene rings is 2. The summed E-state index contributed by atoms with van der Waals surface area (Å²) in [6.45, 7) is 2.85. The van der Waals surface area contributed by atoms with Crippen LogP contribution in [0.5, 0.6) is 5.75 Å². The molecule has 1 N–H and O–H groups in total. The number of nitrogens with one attached hydrogen (secondary N) is 1. The summed E-state index contributed by atoms with van der Waals surface area (Å²) in [6.07, 6.45) is 3.36. The quantitative estimate of drug-likeness (QED) is 0.666. The third-order valence-electron chi connectivity index (χ3n) is 4.79. The number of hydrogen-bond acceptors (Lipinski definition) is 4. The number of carbonyl (C=O) groups excluding carboxylic acids is 1. The molecule has 3 rings (SSSR count). The number of amides is 1. The molecule has 144 valence electrons. The maximum Gasteiger partial charge on any atom is 0.230 e. The highest BCUT2D eigenvalue weighted by atomic mass is 32.2. The highest BCUT2D eigenvalue weighted by molar-refractivity contribution is 7.99. The Morgan fingerprint density at radius 3 is 2.81 bits per heavy atom. The molecule has 1 aliphatic heterocycles. The van der Waals surface area contributed by atoms with E-state index in [4.69, 9.17) is 4.74 Å². The van der Waals surface area contributed by atoms with E-state index in [9.17, 15) is 4.79 Å². The van der Waals surface area contributed by atoms with Crippen molar-refractivity contribution in [1.29, 1.82) is 0 Å². The van der Waals surface area contributed by atoms with Gasteiger partial charge in [-0.05, 0) is 48.6 Å². The average Bonchev–Trinajstić information content (AvgIpc) is 2.72. The molecule has 1 aliphatic rings. The highest BCUT2D eigenvalue weighted by Gasteiger charge is 2.15. The van der Waals surface area contributed by atoms with Crippen molar-refractivity contribution in [2.45, 2.75) is 25.0 Å². The van der Waals surface area contributed by atoms with E-state index in [2.05, 4.69) is 34.5 Å². The number of ether oxygens (including phenoxy) is 1. The number of anilines is 1. The predicted molar refractivity (Wildman–Crippen MR) is 114 cm³/mol. The van der Waals surface area contributed by atoms with Crippen molar-refractivity contribution >= 4 is 23.4 Å². The number of methoxy groups -OCH3 is 1. The first-order valence-corrected chi connectivity index (χ1v) is 10.7. The van der Waals surface area contributed by atoms with Crippen LogP contribution in [0, 0.1) is 0 Å². The third kappa shape index (κ3) is 5.93. The second kappa shape index (κ2) is 10.3. The van der Waals surface area contributed by atoms with Crippen LogP contribution in [0.15, 0.2) is 48.5 Å². The van der Waals surface area contributed by atoms with Gasteiger partial charge >= 0.3 is 0 Å². The fourth-order valence-electron chi connectivity index (χ4n) is 3.38. The van der Waals surface area contributed by atoms with E-state index >= 15 is 0 Å². The van der Waals surface area contributed by atoms with Crippen LogP contribution in [-0.4, -0.2) is 38.4 Å². The van der Waals surface area contributed by atoms with E-state index in [1.54, 1.807) is 18.9 Å². The number of aryl methyl sites for hydroxylation is 1. The van der Waals surface area contributed by atoms with E-state index in [0.717, 1.165) is 37.6 Å². The Bertz CT molecular complexity index is 733. The molecule has 0 unspecified atom stereocenters. The maximum absolute atomic E-state index is 12.0. The van der Waals surface area contributed by atoms with Crippen LogP contribution < -0.4 is 15.0 Å². The first kappa shape index (κ1) is 19.6. The van der Waals surface area contributed by atoms with Crippen LogP contribution in [0.25, 0.3) is 0 Å². The summed E-state index contributed by atoms with van der Waals surface area (Å²) < 4.78 is 5.16. The summed E-state index contributed by atoms with van der Waals surface area (Å²) >= 11 is 1.64. The number of hydrogen-bond donors (Lipinski definition) is 1. The molecule has 0 atom stereocenters. The minimum Gasteiger partial charge on any atom is -0.497 e. The lowest BCUT2D eigenvalue weighted by Crippen LogP contribution is -2.33. The number of para-hydroxylation sites is 1. The Kier molecular flexibility index (Phi) is 7.45. The van der Waals surface area contributed by atoms with Crippen LogP contribution in [0.1, 0.15) is 24.0 Å². The molecule has 5 heteroatoms. The fourth-order valence-corrected chi connectivity index (χ4v) is 4.19. The Balaban J connectivity index is 1.31. The van der Waals surface area contributed by atoms with Gasteiger partial charge in [0.15, 0.2) is 0 Å². The van der Waals surface area contributed by atoms with Crippen LogP contribution >= 0.6 is 11.8 Å². The summed E-state index contributed by atoms with van der Waals surface area (Å²) in [5, 5.41) is 3.04. The minimum absolute atomic E-state index is 0.118. The van der Waals surface area contributed by atoms with E-state index in [0.29, 0.717) is 5.75 Å². The fraction of sp³-hybridized carbons (Fsp3) is 0.409. The summed E-state index contributed by atoms with van der Waals surface area (Å²) in [5.74, 6) is 2.31. The zero-order valence-corrected chi connectivity index (χ0v) is 16.8. The highest BCUT2D eigenvalue weighted by Crippen LogP contribution is 2.26. The van der Waals surface area contributed by atoms with Crippen LogP contribution in [0.4, 0.5) is 5.69 Å². The van der Waals surface area contributed by atoms with Crippen molar-refractivity contribution < 1.29 is 9.53 Å². The first-order valence-electron chi connectivity index (χ1n) is 9.56. The molecule has 0 fully saturated rings. The predicted octanol–water partition coefficient (Wildman–Crippen LogP) is 3.89.